The molecular formula is C14H18N2O3S. The lowest BCUT2D eigenvalue weighted by molar-refractivity contribution is 0.216. The molecule has 0 bridgehead atoms. The monoisotopic (exact) mass is 294 g/mol. The van der Waals surface area contributed by atoms with Crippen molar-refractivity contribution >= 4 is 21.6 Å². The molecule has 1 aromatic rings. The van der Waals surface area contributed by atoms with Crippen molar-refractivity contribution in [3.05, 3.63) is 29.3 Å². The minimum atomic E-state index is -2.95. The second-order valence-corrected chi connectivity index (χ2v) is 7.67. The molecule has 1 aromatic carbocycles. The molecule has 1 N–H and O–H groups in total. The Balaban J connectivity index is 1.70. The smallest absolute Gasteiger partial charge is 0.321 e. The number of hydrogen-bond acceptors (Lipinski definition) is 3. The van der Waals surface area contributed by atoms with Crippen molar-refractivity contribution in [2.45, 2.75) is 19.3 Å². The second kappa shape index (κ2) is 5.09. The number of hydrogen-bond donors (Lipinski definition) is 1. The third-order valence-corrected chi connectivity index (χ3v) is 5.63. The van der Waals surface area contributed by atoms with Crippen LogP contribution in [0.1, 0.15) is 17.5 Å². The maximum absolute atomic E-state index is 12.2. The number of rotatable bonds is 1. The number of carbonyl (C=O) groups excluding carboxylic acids is 1. The van der Waals surface area contributed by atoms with E-state index >= 15 is 0 Å². The molecule has 0 saturated carbocycles. The first-order valence-corrected chi connectivity index (χ1v) is 8.74. The van der Waals surface area contributed by atoms with Crippen LogP contribution in [0.15, 0.2) is 18.2 Å². The normalized spacial score (nSPS) is 20.5. The van der Waals surface area contributed by atoms with Crippen LogP contribution in [0.5, 0.6) is 0 Å². The van der Waals surface area contributed by atoms with Gasteiger partial charge in [0.05, 0.1) is 11.5 Å². The number of sulfone groups is 1. The molecule has 0 radical (unpaired) electrons. The Morgan fingerprint density at radius 3 is 2.65 bits per heavy atom. The highest BCUT2D eigenvalue weighted by atomic mass is 32.2. The lowest BCUT2D eigenvalue weighted by Gasteiger charge is -2.27. The number of aryl methyl sites for hydroxylation is 1. The van der Waals surface area contributed by atoms with Crippen LogP contribution in [0, 0.1) is 0 Å². The van der Waals surface area contributed by atoms with E-state index in [-0.39, 0.29) is 30.6 Å². The van der Waals surface area contributed by atoms with Crippen molar-refractivity contribution in [2.75, 3.05) is 29.9 Å². The van der Waals surface area contributed by atoms with E-state index in [0.29, 0.717) is 0 Å². The maximum Gasteiger partial charge on any atom is 0.321 e. The Bertz CT molecular complexity index is 626. The fourth-order valence-electron chi connectivity index (χ4n) is 2.85. The molecule has 1 fully saturated rings. The van der Waals surface area contributed by atoms with Crippen molar-refractivity contribution in [1.29, 1.82) is 0 Å². The number of anilines is 1. The fourth-order valence-corrected chi connectivity index (χ4v) is 4.05. The first kappa shape index (κ1) is 13.4. The molecule has 1 saturated heterocycles. The largest absolute Gasteiger partial charge is 0.322 e. The van der Waals surface area contributed by atoms with E-state index in [1.165, 1.54) is 11.1 Å². The zero-order chi connectivity index (χ0) is 14.2. The molecule has 20 heavy (non-hydrogen) atoms. The number of amides is 2. The van der Waals surface area contributed by atoms with Gasteiger partial charge in [-0.05, 0) is 36.5 Å². The molecule has 0 atom stereocenters. The van der Waals surface area contributed by atoms with Crippen molar-refractivity contribution in [3.8, 4) is 0 Å². The minimum absolute atomic E-state index is 0.0628. The highest BCUT2D eigenvalue weighted by molar-refractivity contribution is 7.91. The van der Waals surface area contributed by atoms with Gasteiger partial charge in [-0.25, -0.2) is 13.2 Å². The summed E-state index contributed by atoms with van der Waals surface area (Å²) in [4.78, 5) is 13.8. The van der Waals surface area contributed by atoms with Gasteiger partial charge in [-0.15, -0.1) is 0 Å². The molecule has 2 amide bonds. The van der Waals surface area contributed by atoms with Crippen LogP contribution in [0.4, 0.5) is 10.5 Å². The summed E-state index contributed by atoms with van der Waals surface area (Å²) in [6.45, 7) is 0.562. The summed E-state index contributed by atoms with van der Waals surface area (Å²) < 4.78 is 22.7. The van der Waals surface area contributed by atoms with Gasteiger partial charge in [0.15, 0.2) is 9.84 Å². The van der Waals surface area contributed by atoms with E-state index in [1.54, 1.807) is 4.90 Å². The highest BCUT2D eigenvalue weighted by Crippen LogP contribution is 2.28. The van der Waals surface area contributed by atoms with E-state index in [9.17, 15) is 13.2 Å². The third kappa shape index (κ3) is 2.65. The zero-order valence-electron chi connectivity index (χ0n) is 11.3. The molecule has 1 heterocycles. The standard InChI is InChI=1S/C14H18N2O3S/c17-14(16-7-9-20(18,19)10-8-16)15-13-6-2-4-11-3-1-5-12(11)13/h2,4,6H,1,3,5,7-10H2,(H,15,17). The van der Waals surface area contributed by atoms with Crippen LogP contribution in [-0.4, -0.2) is 43.9 Å². The Labute approximate surface area is 118 Å². The van der Waals surface area contributed by atoms with E-state index in [1.807, 2.05) is 12.1 Å². The van der Waals surface area contributed by atoms with Crippen LogP contribution in [0.3, 0.4) is 0 Å². The fraction of sp³-hybridized carbons (Fsp3) is 0.500. The van der Waals surface area contributed by atoms with Crippen LogP contribution < -0.4 is 5.32 Å². The van der Waals surface area contributed by atoms with Crippen LogP contribution >= 0.6 is 0 Å². The maximum atomic E-state index is 12.2. The topological polar surface area (TPSA) is 66.5 Å². The van der Waals surface area contributed by atoms with Crippen LogP contribution in [0.2, 0.25) is 0 Å². The molecular weight excluding hydrogens is 276 g/mol. The molecule has 2 aliphatic rings. The van der Waals surface area contributed by atoms with E-state index in [4.69, 9.17) is 0 Å². The Hall–Kier alpha value is -1.56. The quantitative estimate of drug-likeness (QED) is 0.852. The lowest BCUT2D eigenvalue weighted by atomic mass is 10.1. The van der Waals surface area contributed by atoms with E-state index < -0.39 is 9.84 Å². The summed E-state index contributed by atoms with van der Waals surface area (Å²) in [7, 11) is -2.95. The van der Waals surface area contributed by atoms with Gasteiger partial charge in [-0.2, -0.15) is 0 Å². The van der Waals surface area contributed by atoms with Crippen LogP contribution in [-0.2, 0) is 22.7 Å². The van der Waals surface area contributed by atoms with Gasteiger partial charge in [-0.3, -0.25) is 0 Å². The van der Waals surface area contributed by atoms with Gasteiger partial charge in [0.1, 0.15) is 0 Å². The van der Waals surface area contributed by atoms with E-state index in [2.05, 4.69) is 11.4 Å². The Kier molecular flexibility index (Phi) is 3.41. The molecule has 5 nitrogen and oxygen atoms in total. The average Bonchev–Trinajstić information content (AvgIpc) is 2.88. The molecule has 108 valence electrons. The molecule has 3 rings (SSSR count). The Morgan fingerprint density at radius 1 is 1.15 bits per heavy atom. The highest BCUT2D eigenvalue weighted by Gasteiger charge is 2.25. The summed E-state index contributed by atoms with van der Waals surface area (Å²) in [6.07, 6.45) is 3.20. The number of carbonyl (C=O) groups is 1. The number of urea groups is 1. The number of benzene rings is 1. The van der Waals surface area contributed by atoms with Gasteiger partial charge >= 0.3 is 6.03 Å². The van der Waals surface area contributed by atoms with Crippen molar-refractivity contribution < 1.29 is 13.2 Å². The van der Waals surface area contributed by atoms with E-state index in [0.717, 1.165) is 24.9 Å². The second-order valence-electron chi connectivity index (χ2n) is 5.37. The SMILES string of the molecule is O=C(Nc1cccc2c1CCC2)N1CCS(=O)(=O)CC1. The Morgan fingerprint density at radius 2 is 1.90 bits per heavy atom. The van der Waals surface area contributed by atoms with Gasteiger partial charge < -0.3 is 10.2 Å². The number of fused-ring (bicyclic) bond motifs is 1. The first-order valence-electron chi connectivity index (χ1n) is 6.92. The predicted molar refractivity (Wildman–Crippen MR) is 77.7 cm³/mol. The van der Waals surface area contributed by atoms with Crippen molar-refractivity contribution in [3.63, 3.8) is 0 Å². The molecule has 0 spiro atoms. The molecule has 0 aromatic heterocycles. The lowest BCUT2D eigenvalue weighted by Crippen LogP contribution is -2.45. The average molecular weight is 294 g/mol. The summed E-state index contributed by atoms with van der Waals surface area (Å²) >= 11 is 0. The molecule has 0 unspecified atom stereocenters. The zero-order valence-corrected chi connectivity index (χ0v) is 12.1. The molecule has 1 aliphatic heterocycles. The van der Waals surface area contributed by atoms with Gasteiger partial charge in [0.2, 0.25) is 0 Å². The number of nitrogens with zero attached hydrogens (tertiary/aromatic N) is 1. The summed E-state index contributed by atoms with van der Waals surface area (Å²) in [6, 6.07) is 5.79. The van der Waals surface area contributed by atoms with Crippen LogP contribution in [0.25, 0.3) is 0 Å². The van der Waals surface area contributed by atoms with Crippen molar-refractivity contribution in [1.82, 2.24) is 4.90 Å². The summed E-state index contributed by atoms with van der Waals surface area (Å²) in [5.41, 5.74) is 3.41. The summed E-state index contributed by atoms with van der Waals surface area (Å²) in [5.74, 6) is 0.126. The van der Waals surface area contributed by atoms with Gasteiger partial charge in [0, 0.05) is 18.8 Å². The summed E-state index contributed by atoms with van der Waals surface area (Å²) in [5, 5.41) is 2.93. The van der Waals surface area contributed by atoms with Gasteiger partial charge in [0.25, 0.3) is 0 Å². The molecule has 6 heteroatoms. The van der Waals surface area contributed by atoms with Gasteiger partial charge in [-0.1, -0.05) is 12.1 Å². The number of nitrogens with one attached hydrogen (secondary N) is 1. The molecule has 1 aliphatic carbocycles. The first-order chi connectivity index (χ1) is 9.55. The third-order valence-electron chi connectivity index (χ3n) is 4.02. The minimum Gasteiger partial charge on any atom is -0.322 e. The van der Waals surface area contributed by atoms with Crippen molar-refractivity contribution in [2.24, 2.45) is 0 Å². The predicted octanol–water partition coefficient (Wildman–Crippen LogP) is 1.44.